The van der Waals surface area contributed by atoms with Crippen LogP contribution in [0.25, 0.3) is 11.3 Å². The zero-order valence-electron chi connectivity index (χ0n) is 10.7. The highest BCUT2D eigenvalue weighted by atomic mass is 16.5. The van der Waals surface area contributed by atoms with E-state index < -0.39 is 0 Å². The van der Waals surface area contributed by atoms with Crippen molar-refractivity contribution in [3.63, 3.8) is 0 Å². The number of esters is 1. The average molecular weight is 241 g/mol. The Balaban J connectivity index is 2.37. The van der Waals surface area contributed by atoms with Crippen molar-refractivity contribution in [2.24, 2.45) is 0 Å². The summed E-state index contributed by atoms with van der Waals surface area (Å²) in [5.74, 6) is -0.324. The van der Waals surface area contributed by atoms with Gasteiger partial charge in [-0.1, -0.05) is 18.2 Å². The van der Waals surface area contributed by atoms with E-state index in [-0.39, 0.29) is 5.97 Å². The van der Waals surface area contributed by atoms with E-state index in [0.29, 0.717) is 5.56 Å². The normalized spacial score (nSPS) is 10.2. The Morgan fingerprint density at radius 3 is 2.39 bits per heavy atom. The molecule has 0 spiro atoms. The Kier molecular flexibility index (Phi) is 3.42. The average Bonchev–Trinajstić information content (AvgIpc) is 2.38. The summed E-state index contributed by atoms with van der Waals surface area (Å²) >= 11 is 0. The molecule has 3 nitrogen and oxygen atoms in total. The van der Waals surface area contributed by atoms with Crippen LogP contribution in [-0.4, -0.2) is 18.1 Å². The van der Waals surface area contributed by atoms with Crippen molar-refractivity contribution < 1.29 is 9.53 Å². The van der Waals surface area contributed by atoms with E-state index in [9.17, 15) is 4.79 Å². The highest BCUT2D eigenvalue weighted by molar-refractivity contribution is 5.89. The minimum absolute atomic E-state index is 0.324. The molecule has 0 aliphatic rings. The topological polar surface area (TPSA) is 39.2 Å². The molecule has 0 unspecified atom stereocenters. The van der Waals surface area contributed by atoms with E-state index in [1.807, 2.05) is 32.2 Å². The third-order valence-electron chi connectivity index (χ3n) is 2.79. The Hall–Kier alpha value is -2.16. The van der Waals surface area contributed by atoms with Gasteiger partial charge in [0.25, 0.3) is 0 Å². The number of pyridine rings is 1. The van der Waals surface area contributed by atoms with Gasteiger partial charge >= 0.3 is 5.97 Å². The summed E-state index contributed by atoms with van der Waals surface area (Å²) in [6.07, 6.45) is 1.84. The fraction of sp³-hybridized carbons (Fsp3) is 0.200. The second-order valence-corrected chi connectivity index (χ2v) is 4.25. The zero-order chi connectivity index (χ0) is 13.1. The van der Waals surface area contributed by atoms with Crippen LogP contribution in [0.15, 0.2) is 36.5 Å². The molecule has 18 heavy (non-hydrogen) atoms. The van der Waals surface area contributed by atoms with Gasteiger partial charge in [0.2, 0.25) is 0 Å². The smallest absolute Gasteiger partial charge is 0.337 e. The number of aromatic nitrogens is 1. The van der Waals surface area contributed by atoms with Gasteiger partial charge in [-0.15, -0.1) is 0 Å². The lowest BCUT2D eigenvalue weighted by molar-refractivity contribution is 0.0601. The molecule has 92 valence electrons. The molecular weight excluding hydrogens is 226 g/mol. The van der Waals surface area contributed by atoms with E-state index in [1.165, 1.54) is 7.11 Å². The van der Waals surface area contributed by atoms with Crippen LogP contribution in [0.2, 0.25) is 0 Å². The highest BCUT2D eigenvalue weighted by Crippen LogP contribution is 2.22. The molecule has 0 amide bonds. The number of hydrogen-bond donors (Lipinski definition) is 0. The third kappa shape index (κ3) is 2.40. The lowest BCUT2D eigenvalue weighted by Gasteiger charge is -2.06. The van der Waals surface area contributed by atoms with Crippen LogP contribution < -0.4 is 0 Å². The number of nitrogens with zero attached hydrogens (tertiary/aromatic N) is 1. The van der Waals surface area contributed by atoms with Crippen LogP contribution >= 0.6 is 0 Å². The summed E-state index contributed by atoms with van der Waals surface area (Å²) in [6.45, 7) is 4.05. The summed E-state index contributed by atoms with van der Waals surface area (Å²) < 4.78 is 4.67. The fourth-order valence-electron chi connectivity index (χ4n) is 1.90. The Morgan fingerprint density at radius 2 is 1.83 bits per heavy atom. The minimum atomic E-state index is -0.324. The van der Waals surface area contributed by atoms with Gasteiger partial charge in [-0.05, 0) is 37.1 Å². The van der Waals surface area contributed by atoms with Gasteiger partial charge in [-0.2, -0.15) is 0 Å². The maximum atomic E-state index is 11.3. The molecule has 3 heteroatoms. The number of hydrogen-bond acceptors (Lipinski definition) is 3. The third-order valence-corrected chi connectivity index (χ3v) is 2.79. The van der Waals surface area contributed by atoms with Crippen molar-refractivity contribution in [2.75, 3.05) is 7.11 Å². The Morgan fingerprint density at radius 1 is 1.17 bits per heavy atom. The van der Waals surface area contributed by atoms with Crippen LogP contribution in [0.4, 0.5) is 0 Å². The molecule has 0 saturated heterocycles. The van der Waals surface area contributed by atoms with Gasteiger partial charge in [0.15, 0.2) is 0 Å². The lowest BCUT2D eigenvalue weighted by atomic mass is 10.0. The molecule has 0 aliphatic carbocycles. The van der Waals surface area contributed by atoms with Gasteiger partial charge in [0.05, 0.1) is 18.4 Å². The molecule has 2 aromatic rings. The SMILES string of the molecule is COC(=O)c1ccc(-c2ncc(C)cc2C)cc1. The largest absolute Gasteiger partial charge is 0.465 e. The second kappa shape index (κ2) is 5.00. The van der Waals surface area contributed by atoms with Crippen LogP contribution in [0, 0.1) is 13.8 Å². The number of benzene rings is 1. The first kappa shape index (κ1) is 12.3. The van der Waals surface area contributed by atoms with Crippen molar-refractivity contribution in [3.05, 3.63) is 53.2 Å². The van der Waals surface area contributed by atoms with Crippen LogP contribution in [-0.2, 0) is 4.74 Å². The van der Waals surface area contributed by atoms with Crippen molar-refractivity contribution in [2.45, 2.75) is 13.8 Å². The molecule has 1 aromatic carbocycles. The monoisotopic (exact) mass is 241 g/mol. The van der Waals surface area contributed by atoms with Gasteiger partial charge in [-0.25, -0.2) is 4.79 Å². The van der Waals surface area contributed by atoms with Crippen LogP contribution in [0.1, 0.15) is 21.5 Å². The van der Waals surface area contributed by atoms with E-state index in [1.54, 1.807) is 12.1 Å². The predicted octanol–water partition coefficient (Wildman–Crippen LogP) is 3.15. The number of methoxy groups -OCH3 is 1. The minimum Gasteiger partial charge on any atom is -0.465 e. The Bertz CT molecular complexity index is 574. The molecular formula is C15H15NO2. The molecule has 0 saturated carbocycles. The Labute approximate surface area is 106 Å². The molecule has 2 rings (SSSR count). The molecule has 1 heterocycles. The summed E-state index contributed by atoms with van der Waals surface area (Å²) in [4.78, 5) is 15.8. The first-order chi connectivity index (χ1) is 8.61. The molecule has 0 atom stereocenters. The molecule has 0 N–H and O–H groups in total. The first-order valence-corrected chi connectivity index (χ1v) is 5.74. The zero-order valence-corrected chi connectivity index (χ0v) is 10.7. The van der Waals surface area contributed by atoms with Crippen molar-refractivity contribution in [3.8, 4) is 11.3 Å². The number of ether oxygens (including phenoxy) is 1. The van der Waals surface area contributed by atoms with E-state index >= 15 is 0 Å². The molecule has 1 aromatic heterocycles. The maximum Gasteiger partial charge on any atom is 0.337 e. The predicted molar refractivity (Wildman–Crippen MR) is 70.5 cm³/mol. The summed E-state index contributed by atoms with van der Waals surface area (Å²) in [6, 6.07) is 9.37. The highest BCUT2D eigenvalue weighted by Gasteiger charge is 2.07. The number of aryl methyl sites for hydroxylation is 2. The van der Waals surface area contributed by atoms with Crippen LogP contribution in [0.5, 0.6) is 0 Å². The van der Waals surface area contributed by atoms with Gasteiger partial charge < -0.3 is 4.74 Å². The van der Waals surface area contributed by atoms with E-state index in [4.69, 9.17) is 0 Å². The van der Waals surface area contributed by atoms with Crippen LogP contribution in [0.3, 0.4) is 0 Å². The number of carbonyl (C=O) groups is 1. The van der Waals surface area contributed by atoms with Crippen molar-refractivity contribution >= 4 is 5.97 Å². The molecule has 0 fully saturated rings. The van der Waals surface area contributed by atoms with Gasteiger partial charge in [0.1, 0.15) is 0 Å². The maximum absolute atomic E-state index is 11.3. The van der Waals surface area contributed by atoms with Crippen molar-refractivity contribution in [1.82, 2.24) is 4.98 Å². The van der Waals surface area contributed by atoms with E-state index in [2.05, 4.69) is 15.8 Å². The lowest BCUT2D eigenvalue weighted by Crippen LogP contribution is -2.00. The fourth-order valence-corrected chi connectivity index (χ4v) is 1.90. The van der Waals surface area contributed by atoms with Crippen molar-refractivity contribution in [1.29, 1.82) is 0 Å². The quantitative estimate of drug-likeness (QED) is 0.758. The van der Waals surface area contributed by atoms with E-state index in [0.717, 1.165) is 22.4 Å². The molecule has 0 aliphatic heterocycles. The standard InChI is InChI=1S/C15H15NO2/c1-10-8-11(2)14(16-9-10)12-4-6-13(7-5-12)15(17)18-3/h4-9H,1-3H3. The number of carbonyl (C=O) groups excluding carboxylic acids is 1. The first-order valence-electron chi connectivity index (χ1n) is 5.74. The van der Waals surface area contributed by atoms with Gasteiger partial charge in [-0.3, -0.25) is 4.98 Å². The summed E-state index contributed by atoms with van der Waals surface area (Å²) in [5, 5.41) is 0. The summed E-state index contributed by atoms with van der Waals surface area (Å²) in [5.41, 5.74) is 4.76. The molecule has 0 bridgehead atoms. The molecule has 0 radical (unpaired) electrons. The van der Waals surface area contributed by atoms with Gasteiger partial charge in [0, 0.05) is 11.8 Å². The second-order valence-electron chi connectivity index (χ2n) is 4.25. The number of rotatable bonds is 2. The summed E-state index contributed by atoms with van der Waals surface area (Å²) in [7, 11) is 1.38.